The third kappa shape index (κ3) is 2.41. The minimum Gasteiger partial charge on any atom is -0.506 e. The Hall–Kier alpha value is -2.41. The summed E-state index contributed by atoms with van der Waals surface area (Å²) in [5.74, 6) is 0.529. The maximum Gasteiger partial charge on any atom is 0.174 e. The molecule has 3 aromatic rings. The van der Waals surface area contributed by atoms with Crippen molar-refractivity contribution < 1.29 is 5.11 Å². The molecule has 0 aromatic carbocycles. The van der Waals surface area contributed by atoms with Crippen LogP contribution in [-0.2, 0) is 0 Å². The van der Waals surface area contributed by atoms with Crippen LogP contribution in [0.3, 0.4) is 0 Å². The fourth-order valence-electron chi connectivity index (χ4n) is 1.53. The van der Waals surface area contributed by atoms with E-state index in [0.29, 0.717) is 10.8 Å². The summed E-state index contributed by atoms with van der Waals surface area (Å²) >= 11 is 1.27. The molecule has 6 nitrogen and oxygen atoms in total. The molecule has 7 heteroatoms. The lowest BCUT2D eigenvalue weighted by Crippen LogP contribution is -1.78. The Morgan fingerprint density at radius 3 is 2.84 bits per heavy atom. The Kier molecular flexibility index (Phi) is 2.88. The molecular formula is C12H9N5OS. The SMILES string of the molecule is Cc1cc2nsc(N=Nc3ccc(O)cn3)c2cn1. The number of aromatic hydroxyl groups is 1. The molecule has 94 valence electrons. The van der Waals surface area contributed by atoms with Gasteiger partial charge in [-0.25, -0.2) is 4.98 Å². The van der Waals surface area contributed by atoms with Crippen molar-refractivity contribution in [3.8, 4) is 5.75 Å². The number of hydrogen-bond acceptors (Lipinski definition) is 7. The van der Waals surface area contributed by atoms with Crippen LogP contribution < -0.4 is 0 Å². The Labute approximate surface area is 112 Å². The highest BCUT2D eigenvalue weighted by Crippen LogP contribution is 2.31. The van der Waals surface area contributed by atoms with Crippen LogP contribution in [0.25, 0.3) is 10.9 Å². The fraction of sp³-hybridized carbons (Fsp3) is 0.0833. The van der Waals surface area contributed by atoms with Crippen molar-refractivity contribution in [2.24, 2.45) is 10.2 Å². The number of nitrogens with zero attached hydrogens (tertiary/aromatic N) is 5. The summed E-state index contributed by atoms with van der Waals surface area (Å²) in [4.78, 5) is 8.15. The molecule has 0 spiro atoms. The molecule has 3 rings (SSSR count). The minimum absolute atomic E-state index is 0.0989. The number of fused-ring (bicyclic) bond motifs is 1. The third-order valence-electron chi connectivity index (χ3n) is 2.46. The van der Waals surface area contributed by atoms with Crippen LogP contribution in [0, 0.1) is 6.92 Å². The lowest BCUT2D eigenvalue weighted by molar-refractivity contribution is 0.473. The summed E-state index contributed by atoms with van der Waals surface area (Å²) in [5.41, 5.74) is 1.78. The number of azo groups is 1. The molecule has 0 bridgehead atoms. The summed E-state index contributed by atoms with van der Waals surface area (Å²) in [5, 5.41) is 18.8. The van der Waals surface area contributed by atoms with E-state index in [1.165, 1.54) is 23.8 Å². The van der Waals surface area contributed by atoms with Gasteiger partial charge in [-0.15, -0.1) is 10.2 Å². The maximum absolute atomic E-state index is 9.13. The smallest absolute Gasteiger partial charge is 0.174 e. The first-order valence-electron chi connectivity index (χ1n) is 5.51. The predicted molar refractivity (Wildman–Crippen MR) is 72.2 cm³/mol. The second kappa shape index (κ2) is 4.69. The Morgan fingerprint density at radius 2 is 2.05 bits per heavy atom. The molecular weight excluding hydrogens is 262 g/mol. The Balaban J connectivity index is 1.95. The lowest BCUT2D eigenvalue weighted by atomic mass is 10.3. The van der Waals surface area contributed by atoms with Crippen LogP contribution >= 0.6 is 11.5 Å². The van der Waals surface area contributed by atoms with Crippen LogP contribution in [0.5, 0.6) is 5.75 Å². The van der Waals surface area contributed by atoms with Crippen molar-refractivity contribution in [1.29, 1.82) is 0 Å². The molecule has 3 aromatic heterocycles. The molecule has 0 aliphatic heterocycles. The fourth-order valence-corrected chi connectivity index (χ4v) is 2.20. The lowest BCUT2D eigenvalue weighted by Gasteiger charge is -1.92. The van der Waals surface area contributed by atoms with Crippen molar-refractivity contribution in [2.75, 3.05) is 0 Å². The monoisotopic (exact) mass is 271 g/mol. The third-order valence-corrected chi connectivity index (χ3v) is 3.22. The molecule has 0 saturated carbocycles. The van der Waals surface area contributed by atoms with E-state index in [-0.39, 0.29) is 5.75 Å². The largest absolute Gasteiger partial charge is 0.506 e. The van der Waals surface area contributed by atoms with E-state index >= 15 is 0 Å². The number of aromatic nitrogens is 3. The topological polar surface area (TPSA) is 83.6 Å². The highest BCUT2D eigenvalue weighted by molar-refractivity contribution is 7.11. The quantitative estimate of drug-likeness (QED) is 0.723. The van der Waals surface area contributed by atoms with Gasteiger partial charge in [-0.2, -0.15) is 4.37 Å². The molecule has 0 radical (unpaired) electrons. The van der Waals surface area contributed by atoms with Gasteiger partial charge in [0, 0.05) is 11.9 Å². The Bertz CT molecular complexity index is 750. The number of hydrogen-bond donors (Lipinski definition) is 1. The first kappa shape index (κ1) is 11.7. The van der Waals surface area contributed by atoms with E-state index in [9.17, 15) is 0 Å². The number of rotatable bonds is 2. The molecule has 0 atom stereocenters. The molecule has 3 heterocycles. The summed E-state index contributed by atoms with van der Waals surface area (Å²) in [7, 11) is 0. The van der Waals surface area contributed by atoms with E-state index in [1.54, 1.807) is 12.3 Å². The van der Waals surface area contributed by atoms with Gasteiger partial charge in [0.25, 0.3) is 0 Å². The van der Waals surface area contributed by atoms with Gasteiger partial charge in [0.05, 0.1) is 17.1 Å². The standard InChI is InChI=1S/C12H9N5OS/c1-7-4-10-9(6-13-7)12(19-17-10)16-15-11-3-2-8(18)5-14-11/h2-6,18H,1H3. The second-order valence-corrected chi connectivity index (χ2v) is 4.66. The van der Waals surface area contributed by atoms with E-state index in [0.717, 1.165) is 16.6 Å². The molecule has 0 aliphatic rings. The van der Waals surface area contributed by atoms with Crippen molar-refractivity contribution in [3.05, 3.63) is 36.3 Å². The zero-order chi connectivity index (χ0) is 13.2. The first-order chi connectivity index (χ1) is 9.22. The highest BCUT2D eigenvalue weighted by atomic mass is 32.1. The molecule has 0 saturated heterocycles. The van der Waals surface area contributed by atoms with Gasteiger partial charge in [-0.1, -0.05) is 0 Å². The summed E-state index contributed by atoms with van der Waals surface area (Å²) in [6.07, 6.45) is 3.07. The van der Waals surface area contributed by atoms with Crippen LogP contribution in [0.1, 0.15) is 5.69 Å². The average Bonchev–Trinajstić information content (AvgIpc) is 2.80. The van der Waals surface area contributed by atoms with E-state index in [1.807, 2.05) is 13.0 Å². The van der Waals surface area contributed by atoms with Crippen molar-refractivity contribution >= 4 is 33.3 Å². The van der Waals surface area contributed by atoms with Crippen molar-refractivity contribution in [3.63, 3.8) is 0 Å². The minimum atomic E-state index is 0.0989. The molecule has 0 fully saturated rings. The van der Waals surface area contributed by atoms with Crippen molar-refractivity contribution in [2.45, 2.75) is 6.92 Å². The van der Waals surface area contributed by atoms with Gasteiger partial charge < -0.3 is 5.11 Å². The molecule has 0 aliphatic carbocycles. The van der Waals surface area contributed by atoms with Gasteiger partial charge in [-0.05, 0) is 36.7 Å². The predicted octanol–water partition coefficient (Wildman–Crippen LogP) is 3.52. The second-order valence-electron chi connectivity index (χ2n) is 3.91. The summed E-state index contributed by atoms with van der Waals surface area (Å²) in [6.45, 7) is 1.92. The zero-order valence-corrected chi connectivity index (χ0v) is 10.8. The number of aryl methyl sites for hydroxylation is 1. The van der Waals surface area contributed by atoms with E-state index in [2.05, 4.69) is 24.6 Å². The zero-order valence-electron chi connectivity index (χ0n) is 9.98. The number of pyridine rings is 2. The van der Waals surface area contributed by atoms with Crippen molar-refractivity contribution in [1.82, 2.24) is 14.3 Å². The molecule has 1 N–H and O–H groups in total. The molecule has 19 heavy (non-hydrogen) atoms. The highest BCUT2D eigenvalue weighted by Gasteiger charge is 2.05. The first-order valence-corrected chi connectivity index (χ1v) is 6.28. The molecule has 0 amide bonds. The van der Waals surface area contributed by atoms with Gasteiger partial charge >= 0.3 is 0 Å². The van der Waals surface area contributed by atoms with Gasteiger partial charge in [0.1, 0.15) is 5.75 Å². The summed E-state index contributed by atoms with van der Waals surface area (Å²) < 4.78 is 4.29. The van der Waals surface area contributed by atoms with Gasteiger partial charge in [-0.3, -0.25) is 4.98 Å². The average molecular weight is 271 g/mol. The van der Waals surface area contributed by atoms with Crippen LogP contribution in [0.4, 0.5) is 10.8 Å². The normalized spacial score (nSPS) is 11.4. The summed E-state index contributed by atoms with van der Waals surface area (Å²) in [6, 6.07) is 5.01. The van der Waals surface area contributed by atoms with Gasteiger partial charge in [0.2, 0.25) is 0 Å². The van der Waals surface area contributed by atoms with Gasteiger partial charge in [0.15, 0.2) is 10.8 Å². The molecule has 0 unspecified atom stereocenters. The van der Waals surface area contributed by atoms with Crippen LogP contribution in [0.15, 0.2) is 40.8 Å². The van der Waals surface area contributed by atoms with Crippen LogP contribution in [-0.4, -0.2) is 19.4 Å². The van der Waals surface area contributed by atoms with E-state index in [4.69, 9.17) is 5.11 Å². The maximum atomic E-state index is 9.13. The van der Waals surface area contributed by atoms with Crippen LogP contribution in [0.2, 0.25) is 0 Å². The van der Waals surface area contributed by atoms with E-state index < -0.39 is 0 Å². The Morgan fingerprint density at radius 1 is 1.16 bits per heavy atom.